The van der Waals surface area contributed by atoms with Gasteiger partial charge in [-0.1, -0.05) is 0 Å². The number of aliphatic hydroxyl groups excluding tert-OH is 1. The first kappa shape index (κ1) is 9.70. The highest BCUT2D eigenvalue weighted by atomic mass is 16.5. The zero-order chi connectivity index (χ0) is 9.84. The maximum Gasteiger partial charge on any atom is 0.218 e. The van der Waals surface area contributed by atoms with Crippen LogP contribution < -0.4 is 4.74 Å². The van der Waals surface area contributed by atoms with Gasteiger partial charge in [0.25, 0.3) is 0 Å². The molecule has 2 N–H and O–H groups in total. The van der Waals surface area contributed by atoms with Crippen LogP contribution in [0.15, 0.2) is 24.3 Å². The molecule has 4 nitrogen and oxygen atoms in total. The number of carbonyl (C=O) groups excluding carboxylic acids is 1. The summed E-state index contributed by atoms with van der Waals surface area (Å²) in [5.41, 5.74) is 0.246. The second-order valence-electron chi connectivity index (χ2n) is 2.47. The molecule has 0 aliphatic carbocycles. The molecule has 0 saturated heterocycles. The monoisotopic (exact) mass is 182 g/mol. The van der Waals surface area contributed by atoms with Gasteiger partial charge in [0.1, 0.15) is 5.75 Å². The normalized spacial score (nSPS) is 10.2. The summed E-state index contributed by atoms with van der Waals surface area (Å²) in [5, 5.41) is 17.2. The number of ketones is 1. The molecule has 0 aromatic heterocycles. The van der Waals surface area contributed by atoms with Gasteiger partial charge in [-0.05, 0) is 24.3 Å². The van der Waals surface area contributed by atoms with Crippen molar-refractivity contribution in [1.29, 1.82) is 0 Å². The van der Waals surface area contributed by atoms with Crippen LogP contribution in [0.2, 0.25) is 0 Å². The van der Waals surface area contributed by atoms with Crippen LogP contribution in [-0.4, -0.2) is 29.4 Å². The Morgan fingerprint density at radius 1 is 1.31 bits per heavy atom. The number of rotatable bonds is 3. The maximum atomic E-state index is 11.0. The summed E-state index contributed by atoms with van der Waals surface area (Å²) in [7, 11) is 1.51. The van der Waals surface area contributed by atoms with Crippen molar-refractivity contribution < 1.29 is 19.7 Å². The number of Topliss-reactive ketones (excluding diaryl/α,β-unsaturated/α-hetero) is 1. The van der Waals surface area contributed by atoms with E-state index in [4.69, 9.17) is 14.9 Å². The molecule has 4 heteroatoms. The number of benzene rings is 1. The number of carbonyl (C=O) groups is 1. The molecule has 0 aliphatic rings. The fraction of sp³-hybridized carbons (Fsp3) is 0.222. The van der Waals surface area contributed by atoms with Gasteiger partial charge >= 0.3 is 0 Å². The lowest BCUT2D eigenvalue weighted by Gasteiger charge is -2.03. The van der Waals surface area contributed by atoms with E-state index in [1.807, 2.05) is 0 Å². The molecule has 0 fully saturated rings. The van der Waals surface area contributed by atoms with Crippen molar-refractivity contribution in [3.8, 4) is 5.75 Å². The first-order valence-corrected chi connectivity index (χ1v) is 3.69. The summed E-state index contributed by atoms with van der Waals surface area (Å²) in [6.07, 6.45) is -1.95. The second-order valence-corrected chi connectivity index (χ2v) is 2.47. The fourth-order valence-electron chi connectivity index (χ4n) is 0.904. The lowest BCUT2D eigenvalue weighted by atomic mass is 10.1. The minimum absolute atomic E-state index is 0.246. The van der Waals surface area contributed by atoms with Crippen LogP contribution in [-0.2, 0) is 0 Å². The van der Waals surface area contributed by atoms with Gasteiger partial charge in [-0.25, -0.2) is 0 Å². The Morgan fingerprint density at radius 2 is 1.85 bits per heavy atom. The van der Waals surface area contributed by atoms with Gasteiger partial charge < -0.3 is 14.9 Å². The molecule has 0 radical (unpaired) electrons. The number of methoxy groups -OCH3 is 1. The van der Waals surface area contributed by atoms with Crippen LogP contribution >= 0.6 is 0 Å². The molecule has 0 amide bonds. The summed E-state index contributed by atoms with van der Waals surface area (Å²) >= 11 is 0. The second kappa shape index (κ2) is 4.02. The van der Waals surface area contributed by atoms with Crippen molar-refractivity contribution in [2.45, 2.75) is 6.29 Å². The third kappa shape index (κ3) is 2.27. The van der Waals surface area contributed by atoms with Crippen LogP contribution in [0, 0.1) is 0 Å². The molecule has 0 spiro atoms. The van der Waals surface area contributed by atoms with Crippen LogP contribution in [0.25, 0.3) is 0 Å². The lowest BCUT2D eigenvalue weighted by Crippen LogP contribution is -2.19. The summed E-state index contributed by atoms with van der Waals surface area (Å²) in [5.74, 6) is -0.105. The Labute approximate surface area is 75.4 Å². The minimum atomic E-state index is -1.95. The van der Waals surface area contributed by atoms with Crippen LogP contribution in [0.3, 0.4) is 0 Å². The van der Waals surface area contributed by atoms with Crippen LogP contribution in [0.1, 0.15) is 10.4 Å². The average molecular weight is 182 g/mol. The Kier molecular flexibility index (Phi) is 3.00. The zero-order valence-electron chi connectivity index (χ0n) is 7.10. The van der Waals surface area contributed by atoms with Gasteiger partial charge in [0, 0.05) is 5.56 Å². The van der Waals surface area contributed by atoms with Crippen LogP contribution in [0.4, 0.5) is 0 Å². The van der Waals surface area contributed by atoms with Gasteiger partial charge in [-0.3, -0.25) is 4.79 Å². The van der Waals surface area contributed by atoms with Crippen molar-refractivity contribution in [2.75, 3.05) is 7.11 Å². The Morgan fingerprint density at radius 3 is 2.23 bits per heavy atom. The highest BCUT2D eigenvalue weighted by Crippen LogP contribution is 2.12. The maximum absolute atomic E-state index is 11.0. The third-order valence-corrected chi connectivity index (χ3v) is 1.61. The quantitative estimate of drug-likeness (QED) is 0.517. The fourth-order valence-corrected chi connectivity index (χ4v) is 0.904. The highest BCUT2D eigenvalue weighted by Gasteiger charge is 2.12. The summed E-state index contributed by atoms with van der Waals surface area (Å²) in [6, 6.07) is 6.10. The minimum Gasteiger partial charge on any atom is -0.497 e. The molecular formula is C9H10O4. The SMILES string of the molecule is COc1ccc(C(=O)C(O)O)cc1. The molecule has 13 heavy (non-hydrogen) atoms. The molecule has 1 rings (SSSR count). The van der Waals surface area contributed by atoms with Gasteiger partial charge in [0.2, 0.25) is 12.1 Å². The molecule has 0 atom stereocenters. The first-order valence-electron chi connectivity index (χ1n) is 3.69. The van der Waals surface area contributed by atoms with E-state index in [-0.39, 0.29) is 5.56 Å². The molecule has 0 saturated carbocycles. The van der Waals surface area contributed by atoms with E-state index < -0.39 is 12.1 Å². The first-order chi connectivity index (χ1) is 6.15. The average Bonchev–Trinajstić information content (AvgIpc) is 2.17. The molecule has 0 unspecified atom stereocenters. The molecule has 1 aromatic rings. The third-order valence-electron chi connectivity index (χ3n) is 1.61. The lowest BCUT2D eigenvalue weighted by molar-refractivity contribution is -0.0195. The summed E-state index contributed by atoms with van der Waals surface area (Å²) in [4.78, 5) is 11.0. The molecule has 70 valence electrons. The molecule has 0 heterocycles. The highest BCUT2D eigenvalue weighted by molar-refractivity contribution is 5.98. The standard InChI is InChI=1S/C9H10O4/c1-13-7-4-2-6(3-5-7)8(10)9(11)12/h2-5,9,11-12H,1H3. The van der Waals surface area contributed by atoms with Gasteiger partial charge in [0.05, 0.1) is 7.11 Å². The van der Waals surface area contributed by atoms with Crippen molar-refractivity contribution in [2.24, 2.45) is 0 Å². The predicted molar refractivity (Wildman–Crippen MR) is 45.6 cm³/mol. The number of aliphatic hydroxyl groups is 2. The van der Waals surface area contributed by atoms with E-state index in [9.17, 15) is 4.79 Å². The summed E-state index contributed by atoms with van der Waals surface area (Å²) in [6.45, 7) is 0. The van der Waals surface area contributed by atoms with E-state index in [1.165, 1.54) is 19.2 Å². The topological polar surface area (TPSA) is 66.8 Å². The number of hydrogen-bond acceptors (Lipinski definition) is 4. The Balaban J connectivity index is 2.86. The molecule has 1 aromatic carbocycles. The zero-order valence-corrected chi connectivity index (χ0v) is 7.10. The predicted octanol–water partition coefficient (Wildman–Crippen LogP) is 0.189. The Hall–Kier alpha value is -1.39. The molecule has 0 aliphatic heterocycles. The van der Waals surface area contributed by atoms with Crippen molar-refractivity contribution in [1.82, 2.24) is 0 Å². The molecular weight excluding hydrogens is 172 g/mol. The van der Waals surface area contributed by atoms with E-state index >= 15 is 0 Å². The Bertz CT molecular complexity index is 289. The van der Waals surface area contributed by atoms with Gasteiger partial charge in [-0.15, -0.1) is 0 Å². The van der Waals surface area contributed by atoms with E-state index in [0.29, 0.717) is 5.75 Å². The van der Waals surface area contributed by atoms with Crippen molar-refractivity contribution in [3.05, 3.63) is 29.8 Å². The molecule has 0 bridgehead atoms. The van der Waals surface area contributed by atoms with Gasteiger partial charge in [-0.2, -0.15) is 0 Å². The van der Waals surface area contributed by atoms with Crippen LogP contribution in [0.5, 0.6) is 5.75 Å². The van der Waals surface area contributed by atoms with Crippen molar-refractivity contribution >= 4 is 5.78 Å². The number of hydrogen-bond donors (Lipinski definition) is 2. The smallest absolute Gasteiger partial charge is 0.218 e. The van der Waals surface area contributed by atoms with E-state index in [1.54, 1.807) is 12.1 Å². The van der Waals surface area contributed by atoms with Crippen molar-refractivity contribution in [3.63, 3.8) is 0 Å². The summed E-state index contributed by atoms with van der Waals surface area (Å²) < 4.78 is 4.87. The van der Waals surface area contributed by atoms with Gasteiger partial charge in [0.15, 0.2) is 0 Å². The largest absolute Gasteiger partial charge is 0.497 e. The van der Waals surface area contributed by atoms with E-state index in [2.05, 4.69) is 0 Å². The number of ether oxygens (including phenoxy) is 1. The van der Waals surface area contributed by atoms with E-state index in [0.717, 1.165) is 0 Å².